The fraction of sp³-hybridized carbons (Fsp3) is 0.769. The molecule has 7 nitrogen and oxygen atoms in total. The van der Waals surface area contributed by atoms with Crippen molar-refractivity contribution in [1.29, 1.82) is 0 Å². The van der Waals surface area contributed by atoms with E-state index in [-0.39, 0.29) is 17.5 Å². The van der Waals surface area contributed by atoms with Gasteiger partial charge in [0.15, 0.2) is 0 Å². The third-order valence-corrected chi connectivity index (χ3v) is 6.01. The molecule has 1 aromatic heterocycles. The highest BCUT2D eigenvalue weighted by molar-refractivity contribution is 7.89. The zero-order valence-corrected chi connectivity index (χ0v) is 13.7. The second-order valence-electron chi connectivity index (χ2n) is 5.44. The molecule has 1 aromatic rings. The fourth-order valence-corrected chi connectivity index (χ4v) is 4.29. The molecule has 2 heterocycles. The van der Waals surface area contributed by atoms with E-state index in [4.69, 9.17) is 5.11 Å². The summed E-state index contributed by atoms with van der Waals surface area (Å²) >= 11 is 0. The summed E-state index contributed by atoms with van der Waals surface area (Å²) in [6.45, 7) is 5.91. The number of nitrogens with zero attached hydrogens (tertiary/aromatic N) is 4. The molecule has 2 rings (SSSR count). The molecule has 1 N–H and O–H groups in total. The number of hydrogen-bond acceptors (Lipinski definition) is 5. The Hall–Kier alpha value is -0.960. The first-order chi connectivity index (χ1) is 9.90. The third-order valence-electron chi connectivity index (χ3n) is 4.05. The van der Waals surface area contributed by atoms with Crippen LogP contribution < -0.4 is 0 Å². The van der Waals surface area contributed by atoms with Crippen molar-refractivity contribution in [3.63, 3.8) is 0 Å². The Bertz CT molecular complexity index is 584. The first-order valence-electron chi connectivity index (χ1n) is 7.25. The second kappa shape index (κ2) is 6.43. The molecule has 0 saturated carbocycles. The maximum Gasteiger partial charge on any atom is 0.246 e. The van der Waals surface area contributed by atoms with Crippen LogP contribution in [0.1, 0.15) is 19.0 Å². The molecule has 1 saturated heterocycles. The lowest BCUT2D eigenvalue weighted by Crippen LogP contribution is -2.53. The number of aliphatic hydroxyl groups excluding tert-OH is 1. The highest BCUT2D eigenvalue weighted by Gasteiger charge is 2.34. The molecule has 0 aromatic carbocycles. The van der Waals surface area contributed by atoms with E-state index in [0.29, 0.717) is 38.3 Å². The SMILES string of the molecule is CCn1cc(S(=O)(=O)N2CCN(C)C(CCO)C2)c(C)n1. The molecule has 1 fully saturated rings. The molecular weight excluding hydrogens is 292 g/mol. The molecule has 1 atom stereocenters. The van der Waals surface area contributed by atoms with Crippen LogP contribution >= 0.6 is 0 Å². The second-order valence-corrected chi connectivity index (χ2v) is 7.35. The molecule has 1 aliphatic rings. The van der Waals surface area contributed by atoms with Crippen LogP contribution in [0.4, 0.5) is 0 Å². The van der Waals surface area contributed by atoms with E-state index in [0.717, 1.165) is 0 Å². The molecule has 0 amide bonds. The number of piperazine rings is 1. The minimum Gasteiger partial charge on any atom is -0.396 e. The van der Waals surface area contributed by atoms with Crippen molar-refractivity contribution < 1.29 is 13.5 Å². The van der Waals surface area contributed by atoms with E-state index < -0.39 is 10.0 Å². The molecular formula is C13H24N4O3S. The number of aromatic nitrogens is 2. The lowest BCUT2D eigenvalue weighted by atomic mass is 10.1. The Morgan fingerprint density at radius 2 is 2.14 bits per heavy atom. The first-order valence-corrected chi connectivity index (χ1v) is 8.69. The molecule has 0 aliphatic carbocycles. The van der Waals surface area contributed by atoms with Crippen molar-refractivity contribution in [3.8, 4) is 0 Å². The van der Waals surface area contributed by atoms with Gasteiger partial charge in [-0.1, -0.05) is 0 Å². The van der Waals surface area contributed by atoms with Gasteiger partial charge in [0.2, 0.25) is 10.0 Å². The van der Waals surface area contributed by atoms with E-state index >= 15 is 0 Å². The summed E-state index contributed by atoms with van der Waals surface area (Å²) in [6.07, 6.45) is 2.18. The van der Waals surface area contributed by atoms with Gasteiger partial charge in [0.1, 0.15) is 4.90 Å². The lowest BCUT2D eigenvalue weighted by Gasteiger charge is -2.38. The van der Waals surface area contributed by atoms with Crippen LogP contribution in [-0.2, 0) is 16.6 Å². The first kappa shape index (κ1) is 16.4. The average molecular weight is 316 g/mol. The Morgan fingerprint density at radius 3 is 2.71 bits per heavy atom. The smallest absolute Gasteiger partial charge is 0.246 e. The molecule has 120 valence electrons. The van der Waals surface area contributed by atoms with Crippen LogP contribution in [0, 0.1) is 6.92 Å². The molecule has 0 bridgehead atoms. The minimum absolute atomic E-state index is 0.0556. The molecule has 8 heteroatoms. The van der Waals surface area contributed by atoms with Gasteiger partial charge >= 0.3 is 0 Å². The van der Waals surface area contributed by atoms with Crippen LogP contribution in [0.3, 0.4) is 0 Å². The van der Waals surface area contributed by atoms with Crippen LogP contribution in [-0.4, -0.2) is 71.8 Å². The van der Waals surface area contributed by atoms with Crippen LogP contribution in [0.15, 0.2) is 11.1 Å². The molecule has 0 spiro atoms. The summed E-state index contributed by atoms with van der Waals surface area (Å²) in [6, 6.07) is 0.0556. The van der Waals surface area contributed by atoms with Gasteiger partial charge in [-0.2, -0.15) is 9.40 Å². The third kappa shape index (κ3) is 3.28. The quantitative estimate of drug-likeness (QED) is 0.820. The van der Waals surface area contributed by atoms with Crippen LogP contribution in [0.25, 0.3) is 0 Å². The van der Waals surface area contributed by atoms with Crippen molar-refractivity contribution in [1.82, 2.24) is 19.0 Å². The van der Waals surface area contributed by atoms with E-state index in [9.17, 15) is 8.42 Å². The molecule has 1 aliphatic heterocycles. The number of likely N-dealkylation sites (N-methyl/N-ethyl adjacent to an activating group) is 1. The predicted molar refractivity (Wildman–Crippen MR) is 79.5 cm³/mol. The number of aryl methyl sites for hydroxylation is 2. The summed E-state index contributed by atoms with van der Waals surface area (Å²) in [5, 5.41) is 13.3. The molecule has 0 radical (unpaired) electrons. The van der Waals surface area contributed by atoms with Crippen molar-refractivity contribution in [2.45, 2.75) is 37.8 Å². The van der Waals surface area contributed by atoms with Crippen molar-refractivity contribution in [2.24, 2.45) is 0 Å². The summed E-state index contributed by atoms with van der Waals surface area (Å²) in [5.41, 5.74) is 0.537. The van der Waals surface area contributed by atoms with Crippen molar-refractivity contribution in [3.05, 3.63) is 11.9 Å². The maximum absolute atomic E-state index is 12.8. The highest BCUT2D eigenvalue weighted by Crippen LogP contribution is 2.22. The van der Waals surface area contributed by atoms with Gasteiger partial charge in [-0.15, -0.1) is 0 Å². The largest absolute Gasteiger partial charge is 0.396 e. The Kier molecular flexibility index (Phi) is 5.03. The monoisotopic (exact) mass is 316 g/mol. The van der Waals surface area contributed by atoms with E-state index in [2.05, 4.69) is 10.00 Å². The number of hydrogen-bond donors (Lipinski definition) is 1. The summed E-state index contributed by atoms with van der Waals surface area (Å²) in [4.78, 5) is 2.39. The standard InChI is InChI=1S/C13H24N4O3S/c1-4-16-10-13(11(2)14-16)21(19,20)17-7-6-15(3)12(9-17)5-8-18/h10,12,18H,4-9H2,1-3H3. The van der Waals surface area contributed by atoms with E-state index in [1.807, 2.05) is 14.0 Å². The molecule has 21 heavy (non-hydrogen) atoms. The topological polar surface area (TPSA) is 78.7 Å². The van der Waals surface area contributed by atoms with Gasteiger partial charge in [-0.3, -0.25) is 4.68 Å². The zero-order valence-electron chi connectivity index (χ0n) is 12.9. The van der Waals surface area contributed by atoms with Gasteiger partial charge < -0.3 is 10.0 Å². The van der Waals surface area contributed by atoms with Crippen molar-refractivity contribution >= 4 is 10.0 Å². The predicted octanol–water partition coefficient (Wildman–Crippen LogP) is -0.101. The van der Waals surface area contributed by atoms with Crippen molar-refractivity contribution in [2.75, 3.05) is 33.3 Å². The van der Waals surface area contributed by atoms with E-state index in [1.54, 1.807) is 17.8 Å². The Labute approximate surface area is 126 Å². The van der Waals surface area contributed by atoms with Gasteiger partial charge in [0.05, 0.1) is 5.69 Å². The minimum atomic E-state index is -3.51. The Balaban J connectivity index is 2.24. The van der Waals surface area contributed by atoms with Crippen LogP contribution in [0.2, 0.25) is 0 Å². The summed E-state index contributed by atoms with van der Waals surface area (Å²) in [7, 11) is -1.55. The number of aliphatic hydroxyl groups is 1. The normalized spacial score (nSPS) is 21.8. The van der Waals surface area contributed by atoms with Gasteiger partial charge in [0, 0.05) is 45.0 Å². The zero-order chi connectivity index (χ0) is 15.6. The van der Waals surface area contributed by atoms with Gasteiger partial charge in [-0.05, 0) is 27.3 Å². The average Bonchev–Trinajstić information content (AvgIpc) is 2.83. The maximum atomic E-state index is 12.8. The highest BCUT2D eigenvalue weighted by atomic mass is 32.2. The summed E-state index contributed by atoms with van der Waals surface area (Å²) in [5.74, 6) is 0. The van der Waals surface area contributed by atoms with Crippen LogP contribution in [0.5, 0.6) is 0 Å². The Morgan fingerprint density at radius 1 is 1.43 bits per heavy atom. The number of sulfonamides is 1. The van der Waals surface area contributed by atoms with E-state index in [1.165, 1.54) is 4.31 Å². The number of rotatable bonds is 5. The van der Waals surface area contributed by atoms with Gasteiger partial charge in [-0.25, -0.2) is 8.42 Å². The fourth-order valence-electron chi connectivity index (χ4n) is 2.65. The lowest BCUT2D eigenvalue weighted by molar-refractivity contribution is 0.120. The summed E-state index contributed by atoms with van der Waals surface area (Å²) < 4.78 is 28.7. The van der Waals surface area contributed by atoms with Gasteiger partial charge in [0.25, 0.3) is 0 Å². The molecule has 1 unspecified atom stereocenters.